The molecule has 1 atom stereocenters. The Labute approximate surface area is 169 Å². The molecule has 2 aliphatic rings. The molecule has 0 radical (unpaired) electrons. The van der Waals surface area contributed by atoms with Gasteiger partial charge in [0, 0.05) is 26.2 Å². The summed E-state index contributed by atoms with van der Waals surface area (Å²) in [6, 6.07) is 8.04. The van der Waals surface area contributed by atoms with Crippen LogP contribution < -0.4 is 15.9 Å². The molecule has 4 rings (SSSR count). The number of fused-ring (bicyclic) bond motifs is 1. The molecule has 29 heavy (non-hydrogen) atoms. The number of aromatic nitrogens is 3. The molecule has 0 aliphatic carbocycles. The highest BCUT2D eigenvalue weighted by molar-refractivity contribution is 5.27. The van der Waals surface area contributed by atoms with Crippen LogP contribution in [0.15, 0.2) is 33.9 Å². The Morgan fingerprint density at radius 3 is 2.62 bits per heavy atom. The van der Waals surface area contributed by atoms with E-state index in [1.807, 2.05) is 26.0 Å². The maximum absolute atomic E-state index is 12.7. The summed E-state index contributed by atoms with van der Waals surface area (Å²) in [5, 5.41) is 4.39. The van der Waals surface area contributed by atoms with Crippen molar-refractivity contribution >= 4 is 0 Å². The molecule has 156 valence electrons. The lowest BCUT2D eigenvalue weighted by Gasteiger charge is -2.35. The third kappa shape index (κ3) is 4.00. The number of hydrogen-bond donors (Lipinski definition) is 0. The van der Waals surface area contributed by atoms with E-state index in [9.17, 15) is 9.59 Å². The first kappa shape index (κ1) is 19.8. The van der Waals surface area contributed by atoms with Crippen LogP contribution in [0.25, 0.3) is 0 Å². The summed E-state index contributed by atoms with van der Waals surface area (Å²) in [7, 11) is 1.66. The highest BCUT2D eigenvalue weighted by Gasteiger charge is 2.43. The summed E-state index contributed by atoms with van der Waals surface area (Å²) in [6.45, 7) is 7.47. The van der Waals surface area contributed by atoms with Crippen molar-refractivity contribution in [3.05, 3.63) is 56.4 Å². The molecular weight excluding hydrogens is 372 g/mol. The highest BCUT2D eigenvalue weighted by Crippen LogP contribution is 2.32. The van der Waals surface area contributed by atoms with Crippen LogP contribution in [0.2, 0.25) is 0 Å². The van der Waals surface area contributed by atoms with Crippen LogP contribution in [0.4, 0.5) is 0 Å². The van der Waals surface area contributed by atoms with E-state index in [4.69, 9.17) is 9.47 Å². The van der Waals surface area contributed by atoms with E-state index in [1.165, 1.54) is 14.8 Å². The van der Waals surface area contributed by atoms with E-state index < -0.39 is 16.7 Å². The Kier molecular flexibility index (Phi) is 5.31. The molecule has 8 heteroatoms. The SMILES string of the molecule is COc1ccc(CN2CC[C@]3(C2)Cn2c(nn(CC(C)C)c(=O)c2=O)CO3)cc1. The molecule has 2 aliphatic heterocycles. The first-order valence-corrected chi connectivity index (χ1v) is 10.1. The Morgan fingerprint density at radius 1 is 1.17 bits per heavy atom. The molecular formula is C21H28N4O4. The van der Waals surface area contributed by atoms with E-state index in [0.717, 1.165) is 31.8 Å². The lowest BCUT2D eigenvalue weighted by atomic mass is 10.0. The fourth-order valence-electron chi connectivity index (χ4n) is 4.17. The summed E-state index contributed by atoms with van der Waals surface area (Å²) in [6.07, 6.45) is 0.824. The van der Waals surface area contributed by atoms with Gasteiger partial charge in [0.1, 0.15) is 18.0 Å². The minimum absolute atomic E-state index is 0.236. The average Bonchev–Trinajstić information content (AvgIpc) is 3.09. The second-order valence-electron chi connectivity index (χ2n) is 8.47. The van der Waals surface area contributed by atoms with Crippen molar-refractivity contribution in [2.75, 3.05) is 20.2 Å². The van der Waals surface area contributed by atoms with Crippen LogP contribution in [0, 0.1) is 5.92 Å². The lowest BCUT2D eigenvalue weighted by Crippen LogP contribution is -2.53. The molecule has 0 bridgehead atoms. The summed E-state index contributed by atoms with van der Waals surface area (Å²) in [4.78, 5) is 27.5. The minimum atomic E-state index is -0.549. The third-order valence-electron chi connectivity index (χ3n) is 5.66. The van der Waals surface area contributed by atoms with Crippen molar-refractivity contribution in [3.63, 3.8) is 0 Å². The van der Waals surface area contributed by atoms with E-state index in [-0.39, 0.29) is 12.5 Å². The zero-order valence-electron chi connectivity index (χ0n) is 17.3. The van der Waals surface area contributed by atoms with Gasteiger partial charge in [-0.1, -0.05) is 26.0 Å². The Hall–Kier alpha value is -2.45. The summed E-state index contributed by atoms with van der Waals surface area (Å²) in [5.74, 6) is 1.61. The van der Waals surface area contributed by atoms with Gasteiger partial charge >= 0.3 is 11.1 Å². The van der Waals surface area contributed by atoms with Crippen LogP contribution in [0.3, 0.4) is 0 Å². The van der Waals surface area contributed by atoms with E-state index in [0.29, 0.717) is 18.9 Å². The second-order valence-corrected chi connectivity index (χ2v) is 8.47. The fourth-order valence-corrected chi connectivity index (χ4v) is 4.17. The third-order valence-corrected chi connectivity index (χ3v) is 5.66. The number of nitrogens with zero attached hydrogens (tertiary/aromatic N) is 4. The van der Waals surface area contributed by atoms with Gasteiger partial charge in [0.15, 0.2) is 5.82 Å². The Bertz CT molecular complexity index is 995. The number of hydrogen-bond acceptors (Lipinski definition) is 6. The van der Waals surface area contributed by atoms with Gasteiger partial charge in [0.05, 0.1) is 13.7 Å². The van der Waals surface area contributed by atoms with Crippen LogP contribution in [0.1, 0.15) is 31.7 Å². The quantitative estimate of drug-likeness (QED) is 0.703. The van der Waals surface area contributed by atoms with E-state index >= 15 is 0 Å². The molecule has 0 amide bonds. The van der Waals surface area contributed by atoms with Crippen LogP contribution in [-0.2, 0) is 31.0 Å². The molecule has 1 fully saturated rings. The van der Waals surface area contributed by atoms with Crippen molar-refractivity contribution in [2.24, 2.45) is 5.92 Å². The van der Waals surface area contributed by atoms with Gasteiger partial charge in [-0.15, -0.1) is 0 Å². The van der Waals surface area contributed by atoms with Crippen LogP contribution >= 0.6 is 0 Å². The summed E-state index contributed by atoms with van der Waals surface area (Å²) < 4.78 is 14.2. The maximum atomic E-state index is 12.7. The number of likely N-dealkylation sites (tertiary alicyclic amines) is 1. The van der Waals surface area contributed by atoms with Crippen molar-refractivity contribution < 1.29 is 9.47 Å². The molecule has 0 N–H and O–H groups in total. The molecule has 0 saturated carbocycles. The summed E-state index contributed by atoms with van der Waals surface area (Å²) in [5.41, 5.74) is -0.282. The van der Waals surface area contributed by atoms with Gasteiger partial charge in [-0.3, -0.25) is 19.1 Å². The average molecular weight is 400 g/mol. The zero-order valence-corrected chi connectivity index (χ0v) is 17.3. The van der Waals surface area contributed by atoms with Gasteiger partial charge in [-0.2, -0.15) is 5.10 Å². The van der Waals surface area contributed by atoms with E-state index in [1.54, 1.807) is 7.11 Å². The molecule has 0 unspecified atom stereocenters. The minimum Gasteiger partial charge on any atom is -0.497 e. The second kappa shape index (κ2) is 7.76. The molecule has 8 nitrogen and oxygen atoms in total. The largest absolute Gasteiger partial charge is 0.497 e. The lowest BCUT2D eigenvalue weighted by molar-refractivity contribution is -0.0859. The van der Waals surface area contributed by atoms with Crippen molar-refractivity contribution in [1.29, 1.82) is 0 Å². The van der Waals surface area contributed by atoms with Crippen molar-refractivity contribution in [2.45, 2.75) is 52.1 Å². The standard InChI is InChI=1S/C21H28N4O4/c1-15(2)10-25-20(27)19(26)24-14-21(29-12-18(24)22-25)8-9-23(13-21)11-16-4-6-17(28-3)7-5-16/h4-7,15H,8-14H2,1-3H3/t21-/m0/s1. The van der Waals surface area contributed by atoms with Crippen molar-refractivity contribution in [1.82, 2.24) is 19.2 Å². The first-order chi connectivity index (χ1) is 13.9. The van der Waals surface area contributed by atoms with Gasteiger partial charge in [0.25, 0.3) is 0 Å². The maximum Gasteiger partial charge on any atom is 0.332 e. The number of ether oxygens (including phenoxy) is 2. The van der Waals surface area contributed by atoms with E-state index in [2.05, 4.69) is 22.1 Å². The van der Waals surface area contributed by atoms with Crippen LogP contribution in [0.5, 0.6) is 5.75 Å². The van der Waals surface area contributed by atoms with Gasteiger partial charge in [0.2, 0.25) is 0 Å². The Balaban J connectivity index is 1.50. The number of methoxy groups -OCH3 is 1. The predicted molar refractivity (Wildman–Crippen MR) is 108 cm³/mol. The highest BCUT2D eigenvalue weighted by atomic mass is 16.5. The fraction of sp³-hybridized carbons (Fsp3) is 0.571. The molecule has 1 aromatic carbocycles. The Morgan fingerprint density at radius 2 is 1.93 bits per heavy atom. The normalized spacial score (nSPS) is 21.7. The van der Waals surface area contributed by atoms with Gasteiger partial charge in [-0.25, -0.2) is 4.68 Å². The smallest absolute Gasteiger partial charge is 0.332 e. The zero-order chi connectivity index (χ0) is 20.6. The molecule has 1 saturated heterocycles. The summed E-state index contributed by atoms with van der Waals surface area (Å²) >= 11 is 0. The molecule has 3 heterocycles. The van der Waals surface area contributed by atoms with Gasteiger partial charge < -0.3 is 9.47 Å². The van der Waals surface area contributed by atoms with Crippen LogP contribution in [-0.4, -0.2) is 45.0 Å². The molecule has 1 spiro atoms. The first-order valence-electron chi connectivity index (χ1n) is 10.1. The number of rotatable bonds is 5. The van der Waals surface area contributed by atoms with Gasteiger partial charge in [-0.05, 0) is 30.0 Å². The molecule has 2 aromatic rings. The predicted octanol–water partition coefficient (Wildman–Crippen LogP) is 1.24. The van der Waals surface area contributed by atoms with Crippen molar-refractivity contribution in [3.8, 4) is 5.75 Å². The topological polar surface area (TPSA) is 78.6 Å². The molecule has 1 aromatic heterocycles. The number of benzene rings is 1. The monoisotopic (exact) mass is 400 g/mol.